The van der Waals surface area contributed by atoms with Gasteiger partial charge in [0.2, 0.25) is 5.78 Å². The maximum atomic E-state index is 11.1. The summed E-state index contributed by atoms with van der Waals surface area (Å²) >= 11 is 0. The zero-order chi connectivity index (χ0) is 33.5. The topological polar surface area (TPSA) is 55.4 Å². The van der Waals surface area contributed by atoms with Gasteiger partial charge in [-0.1, -0.05) is 98.3 Å². The van der Waals surface area contributed by atoms with Crippen LogP contribution in [0.15, 0.2) is 91.0 Å². The Morgan fingerprint density at radius 1 is 0.583 bits per heavy atom. The van der Waals surface area contributed by atoms with Gasteiger partial charge in [-0.2, -0.15) is 23.8 Å². The van der Waals surface area contributed by atoms with E-state index >= 15 is 0 Å². The summed E-state index contributed by atoms with van der Waals surface area (Å²) in [5.74, 6) is 1.06. The van der Waals surface area contributed by atoms with Crippen LogP contribution in [0.3, 0.4) is 0 Å². The first kappa shape index (κ1) is 33.7. The molecule has 6 heteroatoms. The number of para-hydroxylation sites is 3. The van der Waals surface area contributed by atoms with Crippen LogP contribution in [-0.4, -0.2) is 24.0 Å². The molecule has 0 aliphatic heterocycles. The molecule has 4 aromatic carbocycles. The fourth-order valence-electron chi connectivity index (χ4n) is 6.37. The fourth-order valence-corrected chi connectivity index (χ4v) is 6.37. The monoisotopic (exact) mass is 814 g/mol. The number of aromatic nitrogens is 4. The summed E-state index contributed by atoms with van der Waals surface area (Å²) in [6.45, 7) is 19.9. The zero-order valence-corrected chi connectivity index (χ0v) is 31.5. The summed E-state index contributed by atoms with van der Waals surface area (Å²) in [7, 11) is 0. The van der Waals surface area contributed by atoms with Crippen LogP contribution in [0.4, 0.5) is 0 Å². The van der Waals surface area contributed by atoms with Crippen molar-refractivity contribution < 1.29 is 26.2 Å². The summed E-state index contributed by atoms with van der Waals surface area (Å²) < 4.78 is 4.47. The molecule has 0 radical (unpaired) electrons. The predicted octanol–water partition coefficient (Wildman–Crippen LogP) is 10.6. The summed E-state index contributed by atoms with van der Waals surface area (Å²) in [5.41, 5.74) is 11.6. The van der Waals surface area contributed by atoms with Crippen molar-refractivity contribution in [2.45, 2.75) is 78.6 Å². The molecule has 0 fully saturated rings. The molecule has 48 heavy (non-hydrogen) atoms. The number of aromatic hydroxyl groups is 1. The summed E-state index contributed by atoms with van der Waals surface area (Å²) in [5, 5.41) is 11.1. The first-order valence-corrected chi connectivity index (χ1v) is 16.4. The van der Waals surface area contributed by atoms with Crippen LogP contribution in [0.1, 0.15) is 79.0 Å². The Bertz CT molecular complexity index is 2320. The second-order valence-corrected chi connectivity index (χ2v) is 15.8. The minimum atomic E-state index is -0.142. The number of imidazole rings is 2. The second kappa shape index (κ2) is 11.7. The molecule has 3 heterocycles. The molecule has 0 amide bonds. The fraction of sp³-hybridized carbons (Fsp3) is 0.286. The number of pyridine rings is 1. The van der Waals surface area contributed by atoms with E-state index in [0.717, 1.165) is 67.2 Å². The van der Waals surface area contributed by atoms with Crippen molar-refractivity contribution in [3.05, 3.63) is 114 Å². The molecular formula is C42H43N4OPt-. The Hall–Kier alpha value is -4.21. The summed E-state index contributed by atoms with van der Waals surface area (Å²) in [6.07, 6.45) is 0. The Kier molecular flexibility index (Phi) is 8.24. The van der Waals surface area contributed by atoms with Crippen LogP contribution in [0.2, 0.25) is 0 Å². The number of phenolic OH excluding ortho intramolecular Hbond substituents is 1. The number of nitrogens with zero attached hydrogens (tertiary/aromatic N) is 4. The Labute approximate surface area is 298 Å². The normalized spacial score (nSPS) is 12.6. The van der Waals surface area contributed by atoms with Crippen molar-refractivity contribution in [2.24, 2.45) is 0 Å². The molecule has 0 aliphatic rings. The number of hydrogen-bond donors (Lipinski definition) is 1. The van der Waals surface area contributed by atoms with E-state index in [4.69, 9.17) is 9.97 Å². The van der Waals surface area contributed by atoms with Gasteiger partial charge in [-0.15, -0.1) is 6.07 Å². The number of rotatable bonds is 3. The van der Waals surface area contributed by atoms with Crippen LogP contribution in [0, 0.1) is 6.07 Å². The van der Waals surface area contributed by atoms with E-state index in [0.29, 0.717) is 0 Å². The molecule has 1 N–H and O–H groups in total. The van der Waals surface area contributed by atoms with E-state index < -0.39 is 0 Å². The van der Waals surface area contributed by atoms with Crippen LogP contribution in [0.25, 0.3) is 56.0 Å². The molecular weight excluding hydrogens is 772 g/mol. The van der Waals surface area contributed by atoms with Gasteiger partial charge in [0, 0.05) is 32.2 Å². The van der Waals surface area contributed by atoms with E-state index in [1.165, 1.54) is 5.56 Å². The SMILES string of the molecule is CC(C)(C)c1cc[c-]c(-n2c3ccccc3n3c4cccc(-c5cc(C(C)(C)C)cc(-c6cc(C(C)(C)C)ccc6O)n5)c4nc23)c1.[Pt]. The van der Waals surface area contributed by atoms with Gasteiger partial charge in [-0.05, 0) is 69.8 Å². The van der Waals surface area contributed by atoms with Crippen molar-refractivity contribution in [3.63, 3.8) is 0 Å². The maximum Gasteiger partial charge on any atom is 0.218 e. The van der Waals surface area contributed by atoms with Gasteiger partial charge in [0.15, 0.2) is 0 Å². The Morgan fingerprint density at radius 2 is 1.19 bits per heavy atom. The standard InChI is InChI=1S/C42H43N4O.Pt/c1-40(2,3)26-14-12-15-29(22-26)45-34-17-10-11-18-35(34)46-36-19-13-16-30(38(36)44-39(45)46)32-24-28(42(7,8)9)25-33(43-32)31-23-27(41(4,5)6)20-21-37(31)47;/h10-14,16-25,47H,1-9H3;/q-1;. The van der Waals surface area contributed by atoms with Crippen molar-refractivity contribution in [1.82, 2.24) is 18.9 Å². The molecule has 0 unspecified atom stereocenters. The third-order valence-corrected chi connectivity index (χ3v) is 9.23. The summed E-state index contributed by atoms with van der Waals surface area (Å²) in [4.78, 5) is 10.6. The maximum absolute atomic E-state index is 11.1. The average Bonchev–Trinajstić information content (AvgIpc) is 3.54. The van der Waals surface area contributed by atoms with Gasteiger partial charge < -0.3 is 9.67 Å². The minimum absolute atomic E-state index is 0. The van der Waals surface area contributed by atoms with E-state index in [9.17, 15) is 5.11 Å². The van der Waals surface area contributed by atoms with Gasteiger partial charge in [0.25, 0.3) is 0 Å². The minimum Gasteiger partial charge on any atom is -0.507 e. The van der Waals surface area contributed by atoms with Gasteiger partial charge >= 0.3 is 0 Å². The van der Waals surface area contributed by atoms with Crippen LogP contribution < -0.4 is 0 Å². The number of benzene rings is 4. The molecule has 5 nitrogen and oxygen atoms in total. The van der Waals surface area contributed by atoms with E-state index in [2.05, 4.69) is 150 Å². The molecule has 0 saturated heterocycles. The molecule has 7 rings (SSSR count). The Balaban J connectivity index is 0.00000401. The van der Waals surface area contributed by atoms with Gasteiger partial charge in [-0.3, -0.25) is 4.40 Å². The van der Waals surface area contributed by atoms with E-state index in [-0.39, 0.29) is 43.1 Å². The molecule has 0 bridgehead atoms. The van der Waals surface area contributed by atoms with Gasteiger partial charge in [0.1, 0.15) is 11.3 Å². The number of phenols is 1. The van der Waals surface area contributed by atoms with Crippen LogP contribution in [0.5, 0.6) is 5.75 Å². The molecule has 0 spiro atoms. The molecule has 0 aliphatic carbocycles. The Morgan fingerprint density at radius 3 is 1.85 bits per heavy atom. The molecule has 7 aromatic rings. The van der Waals surface area contributed by atoms with Gasteiger partial charge in [0.05, 0.1) is 27.9 Å². The third-order valence-electron chi connectivity index (χ3n) is 9.23. The van der Waals surface area contributed by atoms with Crippen molar-refractivity contribution in [3.8, 4) is 34.0 Å². The second-order valence-electron chi connectivity index (χ2n) is 15.8. The van der Waals surface area contributed by atoms with Crippen molar-refractivity contribution >= 4 is 27.8 Å². The third kappa shape index (κ3) is 5.77. The van der Waals surface area contributed by atoms with Crippen LogP contribution in [-0.2, 0) is 37.3 Å². The van der Waals surface area contributed by atoms with E-state index in [1.54, 1.807) is 6.07 Å². The van der Waals surface area contributed by atoms with E-state index in [1.807, 2.05) is 12.1 Å². The molecule has 248 valence electrons. The largest absolute Gasteiger partial charge is 0.507 e. The van der Waals surface area contributed by atoms with Crippen molar-refractivity contribution in [2.75, 3.05) is 0 Å². The molecule has 3 aromatic heterocycles. The first-order valence-electron chi connectivity index (χ1n) is 16.4. The smallest absolute Gasteiger partial charge is 0.218 e. The van der Waals surface area contributed by atoms with Crippen LogP contribution >= 0.6 is 0 Å². The number of hydrogen-bond acceptors (Lipinski definition) is 3. The predicted molar refractivity (Wildman–Crippen MR) is 195 cm³/mol. The number of fused-ring (bicyclic) bond motifs is 5. The first-order chi connectivity index (χ1) is 22.1. The average molecular weight is 815 g/mol. The molecule has 0 saturated carbocycles. The quantitative estimate of drug-likeness (QED) is 0.181. The molecule has 0 atom stereocenters. The summed E-state index contributed by atoms with van der Waals surface area (Å²) in [6, 6.07) is 34.9. The van der Waals surface area contributed by atoms with Crippen molar-refractivity contribution in [1.29, 1.82) is 0 Å². The zero-order valence-electron chi connectivity index (χ0n) is 29.2. The van der Waals surface area contributed by atoms with Gasteiger partial charge in [-0.25, -0.2) is 9.97 Å².